The molecule has 65 heavy (non-hydrogen) atoms. The number of carbonyl (C=O) groups excluding carboxylic acids is 1. The number of aryl methyl sites for hydroxylation is 1. The molecule has 0 aliphatic heterocycles. The number of benzene rings is 10. The quantitative estimate of drug-likeness (QED) is 0.0750. The number of carbonyl (C=O) groups is 1. The molecule has 0 saturated carbocycles. The first-order valence-corrected chi connectivity index (χ1v) is 22.8. The molecule has 0 amide bonds. The molecule has 0 heterocycles. The van der Waals surface area contributed by atoms with Crippen LogP contribution in [-0.4, -0.2) is 5.97 Å². The molecule has 10 aromatic carbocycles. The maximum absolute atomic E-state index is 14.6. The Bertz CT molecular complexity index is 3310. The van der Waals surface area contributed by atoms with Crippen molar-refractivity contribution in [3.63, 3.8) is 0 Å². The summed E-state index contributed by atoms with van der Waals surface area (Å²) < 4.78 is 38.3. The molecule has 0 N–H and O–H groups in total. The van der Waals surface area contributed by atoms with Crippen LogP contribution in [0.1, 0.15) is 27.0 Å². The monoisotopic (exact) mass is 888 g/mol. The van der Waals surface area contributed by atoms with E-state index in [1.807, 2.05) is 152 Å². The van der Waals surface area contributed by atoms with E-state index in [0.717, 1.165) is 71.3 Å². The molecule has 0 saturated heterocycles. The normalized spacial score (nSPS) is 11.5. The highest BCUT2D eigenvalue weighted by Gasteiger charge is 2.27. The Labute approximate surface area is 380 Å². The summed E-state index contributed by atoms with van der Waals surface area (Å²) in [5.41, 5.74) is 4.75. The van der Waals surface area contributed by atoms with E-state index in [4.69, 9.17) is 27.6 Å². The lowest BCUT2D eigenvalue weighted by Gasteiger charge is -2.21. The van der Waals surface area contributed by atoms with E-state index in [9.17, 15) is 4.79 Å². The zero-order valence-electron chi connectivity index (χ0n) is 35.3. The van der Waals surface area contributed by atoms with Crippen LogP contribution in [-0.2, 0) is 18.0 Å². The number of rotatable bonds is 15. The summed E-state index contributed by atoms with van der Waals surface area (Å²) in [5, 5.41) is 7.63. The van der Waals surface area contributed by atoms with Gasteiger partial charge in [-0.05, 0) is 86.8 Å². The van der Waals surface area contributed by atoms with Gasteiger partial charge in [-0.1, -0.05) is 169 Å². The summed E-state index contributed by atoms with van der Waals surface area (Å²) in [7, 11) is -0.914. The number of hydrogen-bond donors (Lipinski definition) is 0. The van der Waals surface area contributed by atoms with E-state index in [1.165, 1.54) is 5.56 Å². The van der Waals surface area contributed by atoms with Gasteiger partial charge in [0.25, 0.3) is 18.1 Å². The van der Waals surface area contributed by atoms with Crippen LogP contribution in [0.5, 0.6) is 28.7 Å². The summed E-state index contributed by atoms with van der Waals surface area (Å²) >= 11 is 0. The third-order valence-corrected chi connectivity index (χ3v) is 12.5. The van der Waals surface area contributed by atoms with Crippen LogP contribution in [0.4, 0.5) is 0 Å². The van der Waals surface area contributed by atoms with E-state index in [0.29, 0.717) is 29.4 Å². The molecule has 0 bridgehead atoms. The molecule has 318 valence electrons. The summed E-state index contributed by atoms with van der Waals surface area (Å²) in [5.74, 6) is 2.43. The molecule has 0 spiro atoms. The highest BCUT2D eigenvalue weighted by Crippen LogP contribution is 2.50. The van der Waals surface area contributed by atoms with Crippen LogP contribution in [0.15, 0.2) is 200 Å². The minimum absolute atomic E-state index is 0.0305. The molecular weight excluding hydrogens is 847 g/mol. The van der Waals surface area contributed by atoms with Crippen LogP contribution in [0, 0.1) is 6.92 Å². The first kappa shape index (κ1) is 41.6. The Kier molecular flexibility index (Phi) is 12.2. The molecule has 0 fully saturated rings. The molecule has 0 radical (unpaired) electrons. The molecule has 7 nitrogen and oxygen atoms in total. The first-order valence-electron chi connectivity index (χ1n) is 21.2. The Balaban J connectivity index is 1.02. The van der Waals surface area contributed by atoms with Crippen LogP contribution in [0.25, 0.3) is 54.2 Å². The Hall–Kier alpha value is -7.43. The van der Waals surface area contributed by atoms with Gasteiger partial charge in [0.2, 0.25) is 0 Å². The van der Waals surface area contributed by atoms with Gasteiger partial charge in [0.1, 0.15) is 47.5 Å². The van der Waals surface area contributed by atoms with Gasteiger partial charge in [-0.15, -0.1) is 0 Å². The summed E-state index contributed by atoms with van der Waals surface area (Å²) in [4.78, 5) is 14.6. The first-order chi connectivity index (χ1) is 32.1. The van der Waals surface area contributed by atoms with Gasteiger partial charge < -0.3 is 27.6 Å². The van der Waals surface area contributed by atoms with Gasteiger partial charge in [-0.2, -0.15) is 0 Å². The van der Waals surface area contributed by atoms with Crippen LogP contribution >= 0.6 is 18.1 Å². The van der Waals surface area contributed by atoms with Gasteiger partial charge in [0.15, 0.2) is 0 Å². The van der Waals surface area contributed by atoms with E-state index in [1.54, 1.807) is 0 Å². The predicted octanol–water partition coefficient (Wildman–Crippen LogP) is 15.1. The molecule has 0 aliphatic carbocycles. The lowest BCUT2D eigenvalue weighted by atomic mass is 9.90. The van der Waals surface area contributed by atoms with Crippen LogP contribution in [0.2, 0.25) is 0 Å². The van der Waals surface area contributed by atoms with Crippen LogP contribution < -0.4 is 22.8 Å². The zero-order valence-corrected chi connectivity index (χ0v) is 37.3. The van der Waals surface area contributed by atoms with E-state index < -0.39 is 15.0 Å². The molecule has 0 aliphatic rings. The highest BCUT2D eigenvalue weighted by atomic mass is 31.1. The zero-order chi connectivity index (χ0) is 44.0. The maximum Gasteiger partial charge on any atom is 0.342 e. The molecule has 2 atom stereocenters. The molecule has 0 aromatic heterocycles. The highest BCUT2D eigenvalue weighted by molar-refractivity contribution is 7.27. The Morgan fingerprint density at radius 2 is 0.923 bits per heavy atom. The fourth-order valence-electron chi connectivity index (χ4n) is 7.98. The van der Waals surface area contributed by atoms with Crippen molar-refractivity contribution in [1.29, 1.82) is 0 Å². The second-order valence-electron chi connectivity index (χ2n) is 15.5. The van der Waals surface area contributed by atoms with Crippen molar-refractivity contribution in [2.45, 2.75) is 20.1 Å². The smallest absolute Gasteiger partial charge is 0.342 e. The fraction of sp³-hybridized carbons (Fsp3) is 0.0536. The SMILES string of the molecule is Cc1ccc(COc2ccc(COC(=O)c3cc4ccccc4c(-c4c(OPOc5cccc6ccccc56)ccc5ccccc45)c3OPOc3cccc4ccccc34)cc2)cc1. The van der Waals surface area contributed by atoms with Crippen molar-refractivity contribution in [2.24, 2.45) is 0 Å². The molecule has 10 rings (SSSR count). The molecule has 10 aromatic rings. The fourth-order valence-corrected chi connectivity index (χ4v) is 9.15. The van der Waals surface area contributed by atoms with E-state index in [2.05, 4.69) is 55.5 Å². The topological polar surface area (TPSA) is 72.5 Å². The number of esters is 1. The Morgan fingerprint density at radius 3 is 1.57 bits per heavy atom. The minimum Gasteiger partial charge on any atom is -0.489 e. The average Bonchev–Trinajstić information content (AvgIpc) is 3.35. The van der Waals surface area contributed by atoms with E-state index in [-0.39, 0.29) is 21.2 Å². The number of hydrogen-bond acceptors (Lipinski definition) is 7. The van der Waals surface area contributed by atoms with Gasteiger partial charge in [-0.3, -0.25) is 0 Å². The lowest BCUT2D eigenvalue weighted by Crippen LogP contribution is -2.08. The Morgan fingerprint density at radius 1 is 0.431 bits per heavy atom. The van der Waals surface area contributed by atoms with Crippen molar-refractivity contribution < 1.29 is 32.4 Å². The van der Waals surface area contributed by atoms with E-state index >= 15 is 0 Å². The number of fused-ring (bicyclic) bond motifs is 4. The largest absolute Gasteiger partial charge is 0.489 e. The lowest BCUT2D eigenvalue weighted by molar-refractivity contribution is 0.0471. The second-order valence-corrected chi connectivity index (χ2v) is 16.7. The summed E-state index contributed by atoms with van der Waals surface area (Å²) in [6.07, 6.45) is 0. The van der Waals surface area contributed by atoms with Gasteiger partial charge in [0.05, 0.1) is 0 Å². The predicted molar refractivity (Wildman–Crippen MR) is 265 cm³/mol. The summed E-state index contributed by atoms with van der Waals surface area (Å²) in [6, 6.07) is 65.7. The minimum atomic E-state index is -0.550. The van der Waals surface area contributed by atoms with Crippen molar-refractivity contribution in [3.8, 4) is 39.9 Å². The van der Waals surface area contributed by atoms with Crippen molar-refractivity contribution in [1.82, 2.24) is 0 Å². The maximum atomic E-state index is 14.6. The molecule has 9 heteroatoms. The van der Waals surface area contributed by atoms with Crippen molar-refractivity contribution in [2.75, 3.05) is 0 Å². The van der Waals surface area contributed by atoms with Crippen molar-refractivity contribution >= 4 is 67.1 Å². The second kappa shape index (κ2) is 19.1. The van der Waals surface area contributed by atoms with Crippen molar-refractivity contribution in [3.05, 3.63) is 222 Å². The third kappa shape index (κ3) is 9.17. The van der Waals surface area contributed by atoms with Gasteiger partial charge >= 0.3 is 5.97 Å². The average molecular weight is 889 g/mol. The molecular formula is C56H42O7P2. The third-order valence-electron chi connectivity index (χ3n) is 11.3. The molecule has 2 unspecified atom stereocenters. The van der Waals surface area contributed by atoms with Crippen LogP contribution in [0.3, 0.4) is 0 Å². The number of ether oxygens (including phenoxy) is 2. The standard InChI is InChI=1S/C56H42O7P2/c1-37-24-26-38(27-25-37)35-58-44-31-28-39(29-32-44)36-59-56(57)49-34-43-15-5-9-21-48(43)54(55(49)63-65-61-51-23-11-17-41-13-3-7-19-46(41)51)53-47-20-8-4-14-42(47)30-33-52(53)62-64-60-50-22-10-16-40-12-2-6-18-45(40)50/h2-34,64-65H,35-36H2,1H3. The summed E-state index contributed by atoms with van der Waals surface area (Å²) in [6.45, 7) is 2.55. The van der Waals surface area contributed by atoms with Gasteiger partial charge in [0, 0.05) is 21.9 Å². The van der Waals surface area contributed by atoms with Gasteiger partial charge in [-0.25, -0.2) is 4.79 Å².